The predicted molar refractivity (Wildman–Crippen MR) is 123 cm³/mol. The Bertz CT molecular complexity index is 909. The van der Waals surface area contributed by atoms with E-state index in [0.29, 0.717) is 24.0 Å². The molecule has 1 amide bonds. The topological polar surface area (TPSA) is 37.7 Å². The summed E-state index contributed by atoms with van der Waals surface area (Å²) < 4.78 is 8.58. The van der Waals surface area contributed by atoms with Crippen LogP contribution in [0.2, 0.25) is 0 Å². The Balaban J connectivity index is 0.00000218. The second-order valence-electron chi connectivity index (χ2n) is 9.45. The third kappa shape index (κ3) is 3.50. The number of likely N-dealkylation sites (N-methyl/N-ethyl adjacent to an activating group) is 1. The lowest BCUT2D eigenvalue weighted by Crippen LogP contribution is -2.56. The van der Waals surface area contributed by atoms with Crippen LogP contribution in [-0.4, -0.2) is 59.1 Å². The lowest BCUT2D eigenvalue weighted by molar-refractivity contribution is 0.0415. The third-order valence-electron chi connectivity index (χ3n) is 7.65. The molecule has 1 aromatic heterocycles. The van der Waals surface area contributed by atoms with Gasteiger partial charge < -0.3 is 14.2 Å². The fourth-order valence-electron chi connectivity index (χ4n) is 5.71. The number of para-hydroxylation sites is 1. The maximum atomic E-state index is 13.6. The minimum absolute atomic E-state index is 0. The van der Waals surface area contributed by atoms with Gasteiger partial charge in [-0.05, 0) is 45.7 Å². The maximum absolute atomic E-state index is 13.6. The van der Waals surface area contributed by atoms with E-state index < -0.39 is 0 Å². The Morgan fingerprint density at radius 3 is 2.47 bits per heavy atom. The van der Waals surface area contributed by atoms with Gasteiger partial charge >= 0.3 is 0 Å². The number of aromatic nitrogens is 1. The Kier molecular flexibility index (Phi) is 6.04. The van der Waals surface area contributed by atoms with E-state index in [-0.39, 0.29) is 18.3 Å². The molecule has 3 heterocycles. The Labute approximate surface area is 185 Å². The molecule has 5 nitrogen and oxygen atoms in total. The fraction of sp³-hybridized carbons (Fsp3) is 0.625. The van der Waals surface area contributed by atoms with E-state index in [1.165, 1.54) is 32.1 Å². The second kappa shape index (κ2) is 8.43. The molecular weight excluding hydrogens is 398 g/mol. The molecule has 2 unspecified atom stereocenters. The van der Waals surface area contributed by atoms with Crippen molar-refractivity contribution in [3.8, 4) is 5.75 Å². The SMILES string of the molecule is CC1CN(C(=O)c2cn3c4c(cccc24)OC[C@H]3C2CCCCC2)CC(C)N1C.Cl. The van der Waals surface area contributed by atoms with Gasteiger partial charge in [0.25, 0.3) is 5.91 Å². The van der Waals surface area contributed by atoms with Crippen molar-refractivity contribution in [1.29, 1.82) is 0 Å². The van der Waals surface area contributed by atoms with Gasteiger partial charge in [0.05, 0.1) is 17.1 Å². The van der Waals surface area contributed by atoms with Crippen molar-refractivity contribution in [3.63, 3.8) is 0 Å². The first-order valence-corrected chi connectivity index (χ1v) is 11.3. The molecule has 3 aliphatic rings. The normalized spacial score (nSPS) is 27.6. The summed E-state index contributed by atoms with van der Waals surface area (Å²) in [5.74, 6) is 1.75. The first-order valence-electron chi connectivity index (χ1n) is 11.3. The zero-order valence-electron chi connectivity index (χ0n) is 18.3. The average Bonchev–Trinajstić information content (AvgIpc) is 3.13. The van der Waals surface area contributed by atoms with Crippen molar-refractivity contribution in [2.24, 2.45) is 5.92 Å². The second-order valence-corrected chi connectivity index (χ2v) is 9.45. The number of ether oxygens (including phenoxy) is 1. The molecule has 1 saturated carbocycles. The minimum Gasteiger partial charge on any atom is -0.489 e. The quantitative estimate of drug-likeness (QED) is 0.689. The minimum atomic E-state index is 0. The fourth-order valence-corrected chi connectivity index (χ4v) is 5.71. The molecule has 0 bridgehead atoms. The van der Waals surface area contributed by atoms with Crippen LogP contribution in [0.5, 0.6) is 5.75 Å². The molecule has 0 N–H and O–H groups in total. The number of carbonyl (C=O) groups excluding carboxylic acids is 1. The number of carbonyl (C=O) groups is 1. The number of nitrogens with zero attached hydrogens (tertiary/aromatic N) is 3. The Morgan fingerprint density at radius 2 is 1.77 bits per heavy atom. The van der Waals surface area contributed by atoms with Crippen LogP contribution < -0.4 is 4.74 Å². The summed E-state index contributed by atoms with van der Waals surface area (Å²) in [5.41, 5.74) is 1.96. The van der Waals surface area contributed by atoms with E-state index in [1.807, 2.05) is 12.1 Å². The largest absolute Gasteiger partial charge is 0.489 e. The number of rotatable bonds is 2. The van der Waals surface area contributed by atoms with Crippen molar-refractivity contribution in [1.82, 2.24) is 14.4 Å². The molecule has 30 heavy (non-hydrogen) atoms. The van der Waals surface area contributed by atoms with Crippen LogP contribution in [0.3, 0.4) is 0 Å². The van der Waals surface area contributed by atoms with Gasteiger partial charge in [-0.1, -0.05) is 31.4 Å². The molecular formula is C24H34ClN3O2. The molecule has 0 radical (unpaired) electrons. The molecule has 1 saturated heterocycles. The van der Waals surface area contributed by atoms with Crippen LogP contribution in [0.1, 0.15) is 62.4 Å². The van der Waals surface area contributed by atoms with Crippen LogP contribution >= 0.6 is 12.4 Å². The van der Waals surface area contributed by atoms with Crippen LogP contribution in [0.15, 0.2) is 24.4 Å². The third-order valence-corrected chi connectivity index (χ3v) is 7.65. The monoisotopic (exact) mass is 431 g/mol. The van der Waals surface area contributed by atoms with Gasteiger partial charge in [-0.3, -0.25) is 9.69 Å². The molecule has 1 aliphatic carbocycles. The summed E-state index contributed by atoms with van der Waals surface area (Å²) in [6.45, 7) is 6.71. The van der Waals surface area contributed by atoms with E-state index >= 15 is 0 Å². The summed E-state index contributed by atoms with van der Waals surface area (Å²) >= 11 is 0. The van der Waals surface area contributed by atoms with Gasteiger partial charge in [0.15, 0.2) is 0 Å². The van der Waals surface area contributed by atoms with Crippen LogP contribution in [0, 0.1) is 5.92 Å². The summed E-state index contributed by atoms with van der Waals surface area (Å²) in [5, 5.41) is 1.05. The van der Waals surface area contributed by atoms with E-state index in [1.54, 1.807) is 0 Å². The van der Waals surface area contributed by atoms with Gasteiger partial charge in [0, 0.05) is 36.8 Å². The van der Waals surface area contributed by atoms with Gasteiger partial charge in [-0.25, -0.2) is 0 Å². The predicted octanol–water partition coefficient (Wildman–Crippen LogP) is 4.74. The molecule has 1 aromatic carbocycles. The van der Waals surface area contributed by atoms with Crippen molar-refractivity contribution < 1.29 is 9.53 Å². The first-order chi connectivity index (χ1) is 14.0. The molecule has 2 aliphatic heterocycles. The van der Waals surface area contributed by atoms with E-state index in [4.69, 9.17) is 4.74 Å². The lowest BCUT2D eigenvalue weighted by Gasteiger charge is -2.42. The average molecular weight is 432 g/mol. The summed E-state index contributed by atoms with van der Waals surface area (Å²) in [6.07, 6.45) is 8.67. The summed E-state index contributed by atoms with van der Waals surface area (Å²) in [7, 11) is 2.16. The number of amides is 1. The highest BCUT2D eigenvalue weighted by molar-refractivity contribution is 6.08. The number of halogens is 1. The zero-order valence-corrected chi connectivity index (χ0v) is 19.2. The number of hydrogen-bond acceptors (Lipinski definition) is 3. The summed E-state index contributed by atoms with van der Waals surface area (Å²) in [6, 6.07) is 7.26. The number of benzene rings is 1. The van der Waals surface area contributed by atoms with Gasteiger partial charge in [-0.15, -0.1) is 12.4 Å². The number of hydrogen-bond donors (Lipinski definition) is 0. The standard InChI is InChI=1S/C24H33N3O2.ClH/c1-16-12-26(13-17(2)25(16)3)24(28)20-14-27-21(18-8-5-4-6-9-18)15-29-22-11-7-10-19(20)23(22)27;/h7,10-11,14,16-18,21H,4-6,8-9,12-13,15H2,1-3H3;1H/t16?,17?,21-;/m0./s1. The highest BCUT2D eigenvalue weighted by Gasteiger charge is 2.35. The van der Waals surface area contributed by atoms with Crippen molar-refractivity contribution in [2.75, 3.05) is 26.7 Å². The van der Waals surface area contributed by atoms with Crippen LogP contribution in [0.25, 0.3) is 10.9 Å². The molecule has 2 fully saturated rings. The van der Waals surface area contributed by atoms with Crippen LogP contribution in [-0.2, 0) is 0 Å². The Morgan fingerprint density at radius 1 is 1.07 bits per heavy atom. The molecule has 2 aromatic rings. The number of piperazine rings is 1. The van der Waals surface area contributed by atoms with E-state index in [2.05, 4.69) is 47.5 Å². The van der Waals surface area contributed by atoms with Crippen molar-refractivity contribution in [3.05, 3.63) is 30.0 Å². The van der Waals surface area contributed by atoms with Gasteiger partial charge in [-0.2, -0.15) is 0 Å². The molecule has 3 atom stereocenters. The molecule has 6 heteroatoms. The smallest absolute Gasteiger partial charge is 0.256 e. The van der Waals surface area contributed by atoms with Crippen molar-refractivity contribution in [2.45, 2.75) is 64.1 Å². The molecule has 164 valence electrons. The molecule has 0 spiro atoms. The van der Waals surface area contributed by atoms with E-state index in [9.17, 15) is 4.79 Å². The summed E-state index contributed by atoms with van der Waals surface area (Å²) in [4.78, 5) is 18.0. The lowest BCUT2D eigenvalue weighted by atomic mass is 9.83. The van der Waals surface area contributed by atoms with Gasteiger partial charge in [0.1, 0.15) is 12.4 Å². The molecule has 5 rings (SSSR count). The first kappa shape index (κ1) is 21.5. The highest BCUT2D eigenvalue weighted by Crippen LogP contribution is 2.42. The van der Waals surface area contributed by atoms with Crippen molar-refractivity contribution >= 4 is 29.2 Å². The Hall–Kier alpha value is -1.72. The van der Waals surface area contributed by atoms with E-state index in [0.717, 1.165) is 41.9 Å². The maximum Gasteiger partial charge on any atom is 0.256 e. The highest BCUT2D eigenvalue weighted by atomic mass is 35.5. The van der Waals surface area contributed by atoms with Crippen LogP contribution in [0.4, 0.5) is 0 Å². The van der Waals surface area contributed by atoms with Gasteiger partial charge in [0.2, 0.25) is 0 Å². The zero-order chi connectivity index (χ0) is 20.1.